The van der Waals surface area contributed by atoms with Crippen LogP contribution in [0, 0.1) is 6.92 Å². The Balaban J connectivity index is 1.65. The van der Waals surface area contributed by atoms with Crippen molar-refractivity contribution in [2.24, 2.45) is 0 Å². The summed E-state index contributed by atoms with van der Waals surface area (Å²) in [6.45, 7) is 1.75. The molecule has 3 aromatic rings. The van der Waals surface area contributed by atoms with Crippen LogP contribution in [0.5, 0.6) is 0 Å². The summed E-state index contributed by atoms with van der Waals surface area (Å²) in [5.74, 6) is -3.58. The fourth-order valence-electron chi connectivity index (χ4n) is 2.42. The van der Waals surface area contributed by atoms with E-state index in [4.69, 9.17) is 4.42 Å². The van der Waals surface area contributed by atoms with Crippen molar-refractivity contribution in [2.45, 2.75) is 17.6 Å². The number of halogens is 2. The van der Waals surface area contributed by atoms with Crippen molar-refractivity contribution in [1.29, 1.82) is 0 Å². The molecule has 5 nitrogen and oxygen atoms in total. The predicted octanol–water partition coefficient (Wildman–Crippen LogP) is 4.13. The van der Waals surface area contributed by atoms with Crippen molar-refractivity contribution in [3.05, 3.63) is 65.4 Å². The summed E-state index contributed by atoms with van der Waals surface area (Å²) in [6, 6.07) is 12.8. The Morgan fingerprint density at radius 1 is 1.00 bits per heavy atom. The number of para-hydroxylation sites is 1. The van der Waals surface area contributed by atoms with Crippen LogP contribution in [0.25, 0.3) is 11.0 Å². The van der Waals surface area contributed by atoms with Crippen LogP contribution in [0.15, 0.2) is 57.8 Å². The van der Waals surface area contributed by atoms with Crippen LogP contribution in [-0.4, -0.2) is 17.6 Å². The Hall–Kier alpha value is -2.87. The van der Waals surface area contributed by atoms with E-state index in [9.17, 15) is 18.4 Å². The van der Waals surface area contributed by atoms with Crippen LogP contribution in [-0.2, 0) is 0 Å². The van der Waals surface area contributed by atoms with Gasteiger partial charge in [-0.3, -0.25) is 20.4 Å². The number of hydrogen-bond donors (Lipinski definition) is 2. The Bertz CT molecular complexity index is 955. The van der Waals surface area contributed by atoms with Gasteiger partial charge in [-0.1, -0.05) is 30.0 Å². The van der Waals surface area contributed by atoms with Crippen molar-refractivity contribution >= 4 is 34.5 Å². The van der Waals surface area contributed by atoms with Crippen LogP contribution in [0.4, 0.5) is 8.78 Å². The number of furan rings is 1. The first-order valence-electron chi connectivity index (χ1n) is 7.59. The van der Waals surface area contributed by atoms with Crippen molar-refractivity contribution in [3.8, 4) is 0 Å². The van der Waals surface area contributed by atoms with Gasteiger partial charge >= 0.3 is 5.91 Å². The van der Waals surface area contributed by atoms with Gasteiger partial charge in [0.1, 0.15) is 5.58 Å². The lowest BCUT2D eigenvalue weighted by Gasteiger charge is -2.07. The van der Waals surface area contributed by atoms with Crippen molar-refractivity contribution in [2.75, 3.05) is 0 Å². The van der Waals surface area contributed by atoms with E-state index in [2.05, 4.69) is 10.9 Å². The molecule has 1 aromatic heterocycles. The molecule has 0 radical (unpaired) electrons. The van der Waals surface area contributed by atoms with Gasteiger partial charge in [-0.15, -0.1) is 0 Å². The fourth-order valence-corrected chi connectivity index (χ4v) is 2.92. The molecule has 8 heteroatoms. The first-order chi connectivity index (χ1) is 12.5. The summed E-state index contributed by atoms with van der Waals surface area (Å²) in [7, 11) is 0. The van der Waals surface area contributed by atoms with E-state index in [1.165, 1.54) is 24.3 Å². The lowest BCUT2D eigenvalue weighted by Crippen LogP contribution is -2.41. The predicted molar refractivity (Wildman–Crippen MR) is 94.2 cm³/mol. The second-order valence-electron chi connectivity index (χ2n) is 5.36. The second-order valence-corrected chi connectivity index (χ2v) is 6.43. The molecule has 0 unspecified atom stereocenters. The minimum Gasteiger partial charge on any atom is -0.451 e. The number of carbonyl (C=O) groups excluding carboxylic acids is 2. The maximum atomic E-state index is 12.3. The number of aryl methyl sites for hydroxylation is 1. The Labute approximate surface area is 151 Å². The SMILES string of the molecule is Cc1c(C(=O)NNC(=O)c2ccc(SC(F)F)cc2)oc2ccccc12. The number of carbonyl (C=O) groups is 2. The van der Waals surface area contributed by atoms with Gasteiger partial charge in [0.15, 0.2) is 5.76 Å². The Kier molecular flexibility index (Phi) is 5.22. The highest BCUT2D eigenvalue weighted by atomic mass is 32.2. The third kappa shape index (κ3) is 3.85. The Morgan fingerprint density at radius 2 is 1.65 bits per heavy atom. The number of hydrazine groups is 1. The normalized spacial score (nSPS) is 10.9. The standard InChI is InChI=1S/C18H14F2N2O3S/c1-10-13-4-2-3-5-14(13)25-15(10)17(24)22-21-16(23)11-6-8-12(9-7-11)26-18(19)20/h2-9,18H,1H3,(H,21,23)(H,22,24). The molecule has 0 aliphatic carbocycles. The molecule has 0 saturated heterocycles. The van der Waals surface area contributed by atoms with Gasteiger partial charge in [-0.2, -0.15) is 8.78 Å². The van der Waals surface area contributed by atoms with Gasteiger partial charge < -0.3 is 4.42 Å². The van der Waals surface area contributed by atoms with E-state index < -0.39 is 17.6 Å². The van der Waals surface area contributed by atoms with Gasteiger partial charge in [-0.25, -0.2) is 0 Å². The summed E-state index contributed by atoms with van der Waals surface area (Å²) in [6.07, 6.45) is 0. The molecule has 3 rings (SSSR count). The highest BCUT2D eigenvalue weighted by Gasteiger charge is 2.18. The lowest BCUT2D eigenvalue weighted by atomic mass is 10.1. The van der Waals surface area contributed by atoms with E-state index in [0.29, 0.717) is 27.8 Å². The molecule has 0 fully saturated rings. The van der Waals surface area contributed by atoms with Gasteiger partial charge in [0.25, 0.3) is 11.7 Å². The number of benzene rings is 2. The van der Waals surface area contributed by atoms with Crippen LogP contribution >= 0.6 is 11.8 Å². The summed E-state index contributed by atoms with van der Waals surface area (Å²) in [4.78, 5) is 24.6. The second kappa shape index (κ2) is 7.57. The lowest BCUT2D eigenvalue weighted by molar-refractivity contribution is 0.0831. The summed E-state index contributed by atoms with van der Waals surface area (Å²) in [5.41, 5.74) is 6.04. The average Bonchev–Trinajstić information content (AvgIpc) is 2.97. The molecule has 2 aromatic carbocycles. The molecule has 0 bridgehead atoms. The molecule has 134 valence electrons. The number of thioether (sulfide) groups is 1. The van der Waals surface area contributed by atoms with E-state index >= 15 is 0 Å². The van der Waals surface area contributed by atoms with E-state index in [1.54, 1.807) is 19.1 Å². The highest BCUT2D eigenvalue weighted by Crippen LogP contribution is 2.25. The zero-order chi connectivity index (χ0) is 18.7. The quantitative estimate of drug-likeness (QED) is 0.531. The topological polar surface area (TPSA) is 71.3 Å². The number of nitrogens with one attached hydrogen (secondary N) is 2. The molecule has 26 heavy (non-hydrogen) atoms. The third-order valence-electron chi connectivity index (χ3n) is 3.68. The van der Waals surface area contributed by atoms with Gasteiger partial charge in [0.2, 0.25) is 0 Å². The molecule has 0 aliphatic rings. The minimum absolute atomic E-state index is 0.107. The van der Waals surface area contributed by atoms with E-state index in [0.717, 1.165) is 5.39 Å². The minimum atomic E-state index is -2.53. The molecule has 2 amide bonds. The smallest absolute Gasteiger partial charge is 0.305 e. The number of alkyl halides is 2. The summed E-state index contributed by atoms with van der Waals surface area (Å²) < 4.78 is 30.1. The van der Waals surface area contributed by atoms with Crippen LogP contribution in [0.2, 0.25) is 0 Å². The van der Waals surface area contributed by atoms with Gasteiger partial charge in [-0.05, 0) is 37.3 Å². The molecule has 2 N–H and O–H groups in total. The first kappa shape index (κ1) is 17.9. The van der Waals surface area contributed by atoms with E-state index in [1.807, 2.05) is 12.1 Å². The maximum absolute atomic E-state index is 12.3. The summed E-state index contributed by atoms with van der Waals surface area (Å²) >= 11 is 0.391. The van der Waals surface area contributed by atoms with Crippen LogP contribution in [0.3, 0.4) is 0 Å². The molecule has 0 aliphatic heterocycles. The Morgan fingerprint density at radius 3 is 2.31 bits per heavy atom. The molecule has 0 atom stereocenters. The molecular weight excluding hydrogens is 362 g/mol. The summed E-state index contributed by atoms with van der Waals surface area (Å²) in [5, 5.41) is 0.816. The van der Waals surface area contributed by atoms with Crippen LogP contribution in [0.1, 0.15) is 26.5 Å². The van der Waals surface area contributed by atoms with Gasteiger partial charge in [0, 0.05) is 21.4 Å². The number of fused-ring (bicyclic) bond motifs is 1. The maximum Gasteiger partial charge on any atom is 0.305 e. The number of amides is 2. The van der Waals surface area contributed by atoms with Crippen molar-refractivity contribution in [3.63, 3.8) is 0 Å². The molecule has 0 spiro atoms. The highest BCUT2D eigenvalue weighted by molar-refractivity contribution is 7.99. The fraction of sp³-hybridized carbons (Fsp3) is 0.111. The molecule has 0 saturated carbocycles. The largest absolute Gasteiger partial charge is 0.451 e. The average molecular weight is 376 g/mol. The van der Waals surface area contributed by atoms with E-state index in [-0.39, 0.29) is 11.3 Å². The first-order valence-corrected chi connectivity index (χ1v) is 8.47. The van der Waals surface area contributed by atoms with Crippen LogP contribution < -0.4 is 10.9 Å². The van der Waals surface area contributed by atoms with Crippen molar-refractivity contribution < 1.29 is 22.8 Å². The van der Waals surface area contributed by atoms with Gasteiger partial charge in [0.05, 0.1) is 0 Å². The number of rotatable bonds is 4. The molecule has 1 heterocycles. The monoisotopic (exact) mass is 376 g/mol. The zero-order valence-corrected chi connectivity index (χ0v) is 14.4. The molecular formula is C18H14F2N2O3S. The number of hydrogen-bond acceptors (Lipinski definition) is 4. The van der Waals surface area contributed by atoms with Crippen molar-refractivity contribution in [1.82, 2.24) is 10.9 Å². The zero-order valence-electron chi connectivity index (χ0n) is 13.6. The third-order valence-corrected chi connectivity index (χ3v) is 4.40.